The molecule has 134 valence electrons. The van der Waals surface area contributed by atoms with E-state index in [1.54, 1.807) is 6.07 Å². The van der Waals surface area contributed by atoms with E-state index < -0.39 is 44.5 Å². The van der Waals surface area contributed by atoms with Gasteiger partial charge in [-0.15, -0.1) is 0 Å². The minimum absolute atomic E-state index is 0.0386. The number of aliphatic hydroxyl groups excluding tert-OH is 1. The van der Waals surface area contributed by atoms with Crippen LogP contribution in [0.5, 0.6) is 11.5 Å². The molecule has 1 aromatic heterocycles. The molecule has 0 saturated carbocycles. The summed E-state index contributed by atoms with van der Waals surface area (Å²) < 4.78 is 81.4. The fraction of sp³-hybridized carbons (Fsp3) is 0.267. The van der Waals surface area contributed by atoms with Crippen molar-refractivity contribution in [1.82, 2.24) is 4.98 Å². The van der Waals surface area contributed by atoms with Gasteiger partial charge >= 0.3 is 5.51 Å². The zero-order valence-electron chi connectivity index (χ0n) is 12.4. The van der Waals surface area contributed by atoms with Crippen molar-refractivity contribution in [3.05, 3.63) is 47.8 Å². The highest BCUT2D eigenvalue weighted by molar-refractivity contribution is 7.92. The van der Waals surface area contributed by atoms with E-state index in [2.05, 4.69) is 4.98 Å². The predicted octanol–water partition coefficient (Wildman–Crippen LogP) is 3.10. The van der Waals surface area contributed by atoms with Crippen molar-refractivity contribution in [2.24, 2.45) is 0 Å². The maximum Gasteiger partial charge on any atom is 0.501 e. The molecule has 10 heteroatoms. The topological polar surface area (TPSA) is 76.5 Å². The number of hydrogen-bond acceptors (Lipinski definition) is 5. The lowest BCUT2D eigenvalue weighted by Crippen LogP contribution is -2.25. The van der Waals surface area contributed by atoms with E-state index in [0.29, 0.717) is 6.07 Å². The van der Waals surface area contributed by atoms with Crippen LogP contribution in [0, 0.1) is 0 Å². The average Bonchev–Trinajstić information content (AvgIpc) is 2.84. The molecule has 2 atom stereocenters. The summed E-state index contributed by atoms with van der Waals surface area (Å²) in [6, 6.07) is 4.73. The summed E-state index contributed by atoms with van der Waals surface area (Å²) >= 11 is 0. The summed E-state index contributed by atoms with van der Waals surface area (Å²) in [6.45, 7) is 0. The molecule has 5 nitrogen and oxygen atoms in total. The summed E-state index contributed by atoms with van der Waals surface area (Å²) in [7, 11) is -5.74. The third-order valence-corrected chi connectivity index (χ3v) is 5.31. The van der Waals surface area contributed by atoms with Crippen LogP contribution in [0.2, 0.25) is 0 Å². The van der Waals surface area contributed by atoms with Crippen LogP contribution in [0.25, 0.3) is 0 Å². The van der Waals surface area contributed by atoms with Crippen molar-refractivity contribution in [3.63, 3.8) is 0 Å². The molecular formula is C15H11F4NO4S. The number of rotatable bonds is 3. The van der Waals surface area contributed by atoms with Gasteiger partial charge in [-0.05, 0) is 24.3 Å². The number of sulfone groups is 1. The first-order valence-corrected chi connectivity index (χ1v) is 8.48. The SMILES string of the molecule is O=S(=O)(c1ccc(Oc2cccnc2)c2c1[C@H](O)[C@H](F)C2)C(F)(F)F. The average molecular weight is 377 g/mol. The number of ether oxygens (including phenoxy) is 1. The molecule has 2 aromatic rings. The lowest BCUT2D eigenvalue weighted by molar-refractivity contribution is -0.0437. The van der Waals surface area contributed by atoms with Gasteiger partial charge in [0, 0.05) is 23.7 Å². The molecule has 0 radical (unpaired) electrons. The van der Waals surface area contributed by atoms with E-state index in [0.717, 1.165) is 6.07 Å². The summed E-state index contributed by atoms with van der Waals surface area (Å²) in [5.74, 6) is 0.191. The maximum atomic E-state index is 13.9. The van der Waals surface area contributed by atoms with Gasteiger partial charge in [-0.25, -0.2) is 12.8 Å². The Hall–Kier alpha value is -2.20. The van der Waals surface area contributed by atoms with E-state index in [1.165, 1.54) is 18.5 Å². The van der Waals surface area contributed by atoms with Crippen molar-refractivity contribution >= 4 is 9.84 Å². The van der Waals surface area contributed by atoms with Crippen LogP contribution >= 0.6 is 0 Å². The molecule has 1 N–H and O–H groups in total. The maximum absolute atomic E-state index is 13.9. The van der Waals surface area contributed by atoms with Crippen LogP contribution in [-0.4, -0.2) is 30.2 Å². The fourth-order valence-electron chi connectivity index (χ4n) is 2.63. The highest BCUT2D eigenvalue weighted by Gasteiger charge is 2.50. The highest BCUT2D eigenvalue weighted by atomic mass is 32.2. The van der Waals surface area contributed by atoms with Crippen LogP contribution in [0.3, 0.4) is 0 Å². The van der Waals surface area contributed by atoms with Gasteiger partial charge < -0.3 is 9.84 Å². The number of benzene rings is 1. The van der Waals surface area contributed by atoms with E-state index in [4.69, 9.17) is 4.74 Å². The molecule has 0 unspecified atom stereocenters. The first-order chi connectivity index (χ1) is 11.6. The van der Waals surface area contributed by atoms with E-state index >= 15 is 0 Å². The standard InChI is InChI=1S/C15H11F4NO4S/c16-10-6-9-11(24-8-2-1-5-20-7-8)3-4-12(13(9)14(10)21)25(22,23)15(17,18)19/h1-5,7,10,14,21H,6H2/t10-,14-/m1/s1. The molecule has 1 aromatic carbocycles. The van der Waals surface area contributed by atoms with Crippen LogP contribution < -0.4 is 4.74 Å². The Kier molecular flexibility index (Phi) is 4.20. The van der Waals surface area contributed by atoms with Crippen molar-refractivity contribution < 1.29 is 35.8 Å². The highest BCUT2D eigenvalue weighted by Crippen LogP contribution is 2.45. The largest absolute Gasteiger partial charge is 0.501 e. The van der Waals surface area contributed by atoms with Gasteiger partial charge in [0.05, 0.1) is 11.1 Å². The van der Waals surface area contributed by atoms with Gasteiger partial charge in [0.1, 0.15) is 23.8 Å². The molecule has 1 heterocycles. The Morgan fingerprint density at radius 2 is 1.96 bits per heavy atom. The van der Waals surface area contributed by atoms with Gasteiger partial charge in [0.25, 0.3) is 9.84 Å². The Bertz CT molecular complexity index is 900. The number of aliphatic hydroxyl groups is 1. The third-order valence-electron chi connectivity index (χ3n) is 3.77. The van der Waals surface area contributed by atoms with E-state index in [9.17, 15) is 31.1 Å². The first kappa shape index (κ1) is 17.6. The number of nitrogens with zero attached hydrogens (tertiary/aromatic N) is 1. The zero-order chi connectivity index (χ0) is 18.4. The Morgan fingerprint density at radius 1 is 1.24 bits per heavy atom. The monoisotopic (exact) mass is 377 g/mol. The van der Waals surface area contributed by atoms with Crippen LogP contribution in [0.4, 0.5) is 17.6 Å². The predicted molar refractivity (Wildman–Crippen MR) is 77.6 cm³/mol. The number of halogens is 4. The van der Waals surface area contributed by atoms with E-state index in [1.807, 2.05) is 0 Å². The Morgan fingerprint density at radius 3 is 2.56 bits per heavy atom. The van der Waals surface area contributed by atoms with Crippen molar-refractivity contribution in [2.45, 2.75) is 29.1 Å². The molecule has 1 aliphatic rings. The quantitative estimate of drug-likeness (QED) is 0.832. The lowest BCUT2D eigenvalue weighted by Gasteiger charge is -2.16. The number of pyridine rings is 1. The molecule has 0 bridgehead atoms. The summed E-state index contributed by atoms with van der Waals surface area (Å²) in [5, 5.41) is 9.88. The smallest absolute Gasteiger partial charge is 0.455 e. The van der Waals surface area contributed by atoms with Crippen molar-refractivity contribution in [2.75, 3.05) is 0 Å². The first-order valence-electron chi connectivity index (χ1n) is 7.00. The zero-order valence-corrected chi connectivity index (χ0v) is 13.2. The number of fused-ring (bicyclic) bond motifs is 1. The van der Waals surface area contributed by atoms with Gasteiger partial charge in [0.15, 0.2) is 0 Å². The number of alkyl halides is 4. The molecule has 0 amide bonds. The number of aromatic nitrogens is 1. The lowest BCUT2D eigenvalue weighted by atomic mass is 10.1. The molecule has 0 aliphatic heterocycles. The second kappa shape index (κ2) is 5.95. The van der Waals surface area contributed by atoms with Gasteiger partial charge in [0.2, 0.25) is 0 Å². The minimum atomic E-state index is -5.74. The van der Waals surface area contributed by atoms with Crippen molar-refractivity contribution in [3.8, 4) is 11.5 Å². The summed E-state index contributed by atoms with van der Waals surface area (Å²) in [6.07, 6.45) is -1.59. The summed E-state index contributed by atoms with van der Waals surface area (Å²) in [5.41, 5.74) is -6.30. The molecule has 1 aliphatic carbocycles. The van der Waals surface area contributed by atoms with Crippen molar-refractivity contribution in [1.29, 1.82) is 0 Å². The fourth-order valence-corrected chi connectivity index (χ4v) is 3.66. The van der Waals surface area contributed by atoms with Crippen LogP contribution in [0.15, 0.2) is 41.6 Å². The second-order valence-electron chi connectivity index (χ2n) is 5.36. The normalized spacial score (nSPS) is 20.4. The van der Waals surface area contributed by atoms with Crippen LogP contribution in [0.1, 0.15) is 17.2 Å². The molecular weight excluding hydrogens is 366 g/mol. The minimum Gasteiger partial charge on any atom is -0.455 e. The van der Waals surface area contributed by atoms with Crippen LogP contribution in [-0.2, 0) is 16.3 Å². The second-order valence-corrected chi connectivity index (χ2v) is 7.27. The van der Waals surface area contributed by atoms with Gasteiger partial charge in [-0.2, -0.15) is 13.2 Å². The molecule has 0 saturated heterocycles. The van der Waals surface area contributed by atoms with E-state index in [-0.39, 0.29) is 17.1 Å². The van der Waals surface area contributed by atoms with Gasteiger partial charge in [-0.1, -0.05) is 0 Å². The molecule has 3 rings (SSSR count). The number of hydrogen-bond donors (Lipinski definition) is 1. The molecule has 25 heavy (non-hydrogen) atoms. The van der Waals surface area contributed by atoms with Gasteiger partial charge in [-0.3, -0.25) is 4.98 Å². The Balaban J connectivity index is 2.15. The molecule has 0 spiro atoms. The Labute approximate surface area is 139 Å². The molecule has 0 fully saturated rings. The third kappa shape index (κ3) is 2.95. The summed E-state index contributed by atoms with van der Waals surface area (Å²) in [4.78, 5) is 2.63.